The zero-order chi connectivity index (χ0) is 24.8. The van der Waals surface area contributed by atoms with Crippen molar-refractivity contribution >= 4 is 12.1 Å². The molecule has 0 bridgehead atoms. The molecule has 7 nitrogen and oxygen atoms in total. The van der Waals surface area contributed by atoms with E-state index < -0.39 is 12.1 Å². The van der Waals surface area contributed by atoms with E-state index in [1.54, 1.807) is 24.1 Å². The summed E-state index contributed by atoms with van der Waals surface area (Å²) < 4.78 is 16.8. The van der Waals surface area contributed by atoms with Gasteiger partial charge in [-0.1, -0.05) is 48.5 Å². The monoisotopic (exact) mass is 475 g/mol. The number of methoxy groups -OCH3 is 1. The molecule has 0 atom stereocenters. The van der Waals surface area contributed by atoms with Gasteiger partial charge < -0.3 is 24.2 Å². The Labute approximate surface area is 204 Å². The number of carboxylic acid groups (broad SMARTS) is 1. The lowest BCUT2D eigenvalue weighted by Gasteiger charge is -2.23. The molecule has 0 heterocycles. The molecule has 35 heavy (non-hydrogen) atoms. The van der Waals surface area contributed by atoms with Gasteiger partial charge in [-0.15, -0.1) is 0 Å². The van der Waals surface area contributed by atoms with E-state index in [0.717, 1.165) is 16.7 Å². The molecule has 0 aliphatic heterocycles. The van der Waals surface area contributed by atoms with Crippen LogP contribution in [0.3, 0.4) is 0 Å². The average molecular weight is 476 g/mol. The summed E-state index contributed by atoms with van der Waals surface area (Å²) in [6.07, 6.45) is -0.540. The Bertz CT molecular complexity index is 1160. The van der Waals surface area contributed by atoms with Gasteiger partial charge >= 0.3 is 12.1 Å². The van der Waals surface area contributed by atoms with Crippen molar-refractivity contribution in [2.24, 2.45) is 0 Å². The molecule has 0 spiro atoms. The highest BCUT2D eigenvalue weighted by Gasteiger charge is 2.29. The van der Waals surface area contributed by atoms with Crippen molar-refractivity contribution in [1.29, 1.82) is 0 Å². The first-order valence-corrected chi connectivity index (χ1v) is 11.6. The van der Waals surface area contributed by atoms with Crippen molar-refractivity contribution in [2.45, 2.75) is 25.8 Å². The minimum Gasteiger partial charge on any atom is -0.497 e. The second-order valence-electron chi connectivity index (χ2n) is 8.28. The number of carbonyl (C=O) groups is 2. The van der Waals surface area contributed by atoms with Crippen molar-refractivity contribution in [3.05, 3.63) is 83.4 Å². The van der Waals surface area contributed by atoms with E-state index in [2.05, 4.69) is 24.3 Å². The Balaban J connectivity index is 1.46. The molecule has 3 aromatic rings. The summed E-state index contributed by atoms with van der Waals surface area (Å²) in [6.45, 7) is 2.85. The molecule has 1 N–H and O–H groups in total. The van der Waals surface area contributed by atoms with Crippen molar-refractivity contribution in [3.8, 4) is 22.6 Å². The Kier molecular flexibility index (Phi) is 7.55. The number of carbonyl (C=O) groups excluding carboxylic acids is 1. The van der Waals surface area contributed by atoms with Crippen molar-refractivity contribution in [3.63, 3.8) is 0 Å². The third kappa shape index (κ3) is 5.40. The number of rotatable bonds is 10. The van der Waals surface area contributed by atoms with Crippen LogP contribution in [0.5, 0.6) is 11.5 Å². The molecule has 0 unspecified atom stereocenters. The van der Waals surface area contributed by atoms with Gasteiger partial charge in [0.2, 0.25) is 0 Å². The van der Waals surface area contributed by atoms with Gasteiger partial charge in [0.05, 0.1) is 26.7 Å². The topological polar surface area (TPSA) is 85.3 Å². The molecule has 4 rings (SSSR count). The van der Waals surface area contributed by atoms with Gasteiger partial charge in [-0.05, 0) is 41.3 Å². The lowest BCUT2D eigenvalue weighted by Crippen LogP contribution is -2.32. The molecule has 0 fully saturated rings. The first-order chi connectivity index (χ1) is 17.0. The fourth-order valence-electron chi connectivity index (χ4n) is 4.37. The molecule has 1 aliphatic carbocycles. The molecule has 182 valence electrons. The summed E-state index contributed by atoms with van der Waals surface area (Å²) in [5, 5.41) is 8.92. The number of ether oxygens (including phenoxy) is 3. The SMILES string of the molecule is CCN(Cc1ccc(OC)cc1OCCC(=O)O)C(=O)OCC1c2ccccc2-c2ccccc21. The van der Waals surface area contributed by atoms with Crippen LogP contribution >= 0.6 is 0 Å². The highest BCUT2D eigenvalue weighted by molar-refractivity contribution is 5.79. The molecule has 7 heteroatoms. The van der Waals surface area contributed by atoms with Gasteiger partial charge in [0.15, 0.2) is 0 Å². The number of fused-ring (bicyclic) bond motifs is 3. The lowest BCUT2D eigenvalue weighted by molar-refractivity contribution is -0.137. The Morgan fingerprint density at radius 3 is 2.23 bits per heavy atom. The molecular formula is C28H29NO6. The van der Waals surface area contributed by atoms with Gasteiger partial charge in [-0.2, -0.15) is 0 Å². The van der Waals surface area contributed by atoms with Crippen molar-refractivity contribution in [1.82, 2.24) is 4.90 Å². The normalized spacial score (nSPS) is 11.9. The highest BCUT2D eigenvalue weighted by atomic mass is 16.6. The molecule has 0 aromatic heterocycles. The number of aliphatic carboxylic acids is 1. The van der Waals surface area contributed by atoms with E-state index in [4.69, 9.17) is 19.3 Å². The third-order valence-electron chi connectivity index (χ3n) is 6.19. The van der Waals surface area contributed by atoms with Crippen LogP contribution in [-0.4, -0.2) is 48.9 Å². The fraction of sp³-hybridized carbons (Fsp3) is 0.286. The van der Waals surface area contributed by atoms with Crippen LogP contribution in [0.2, 0.25) is 0 Å². The summed E-state index contributed by atoms with van der Waals surface area (Å²) in [6, 6.07) is 21.7. The van der Waals surface area contributed by atoms with E-state index in [0.29, 0.717) is 18.0 Å². The number of nitrogens with zero attached hydrogens (tertiary/aromatic N) is 1. The minimum atomic E-state index is -0.941. The minimum absolute atomic E-state index is 0.0130. The summed E-state index contributed by atoms with van der Waals surface area (Å²) in [5.74, 6) is 0.114. The first kappa shape index (κ1) is 24.1. The second kappa shape index (κ2) is 11.0. The Morgan fingerprint density at radius 2 is 1.63 bits per heavy atom. The Hall–Kier alpha value is -4.00. The number of benzene rings is 3. The zero-order valence-electron chi connectivity index (χ0n) is 19.9. The van der Waals surface area contributed by atoms with Gasteiger partial charge in [0, 0.05) is 24.1 Å². The van der Waals surface area contributed by atoms with Crippen molar-refractivity contribution < 1.29 is 28.9 Å². The molecule has 0 saturated heterocycles. The summed E-state index contributed by atoms with van der Waals surface area (Å²) in [7, 11) is 1.55. The highest BCUT2D eigenvalue weighted by Crippen LogP contribution is 2.44. The largest absolute Gasteiger partial charge is 0.497 e. The van der Waals surface area contributed by atoms with Crippen LogP contribution < -0.4 is 9.47 Å². The number of amides is 1. The van der Waals surface area contributed by atoms with E-state index in [-0.39, 0.29) is 32.1 Å². The van der Waals surface area contributed by atoms with E-state index in [1.807, 2.05) is 37.3 Å². The summed E-state index contributed by atoms with van der Waals surface area (Å²) in [4.78, 5) is 25.5. The van der Waals surface area contributed by atoms with E-state index in [9.17, 15) is 9.59 Å². The number of hydrogen-bond acceptors (Lipinski definition) is 5. The van der Waals surface area contributed by atoms with Crippen LogP contribution in [0.4, 0.5) is 4.79 Å². The second-order valence-corrected chi connectivity index (χ2v) is 8.28. The maximum Gasteiger partial charge on any atom is 0.410 e. The van der Waals surface area contributed by atoms with Gasteiger partial charge in [-0.25, -0.2) is 4.79 Å². The molecule has 0 saturated carbocycles. The Morgan fingerprint density at radius 1 is 0.971 bits per heavy atom. The van der Waals surface area contributed by atoms with Crippen LogP contribution in [0.1, 0.15) is 36.0 Å². The molecule has 0 radical (unpaired) electrons. The maximum atomic E-state index is 13.1. The fourth-order valence-corrected chi connectivity index (χ4v) is 4.37. The third-order valence-corrected chi connectivity index (χ3v) is 6.19. The van der Waals surface area contributed by atoms with Crippen LogP contribution in [0.15, 0.2) is 66.7 Å². The first-order valence-electron chi connectivity index (χ1n) is 11.6. The van der Waals surface area contributed by atoms with Crippen molar-refractivity contribution in [2.75, 3.05) is 26.9 Å². The predicted octanol–water partition coefficient (Wildman–Crippen LogP) is 5.32. The quantitative estimate of drug-likeness (QED) is 0.427. The zero-order valence-corrected chi connectivity index (χ0v) is 19.9. The smallest absolute Gasteiger partial charge is 0.410 e. The maximum absolute atomic E-state index is 13.1. The predicted molar refractivity (Wildman–Crippen MR) is 132 cm³/mol. The molecular weight excluding hydrogens is 446 g/mol. The molecule has 1 aliphatic rings. The summed E-state index contributed by atoms with van der Waals surface area (Å²) in [5.41, 5.74) is 5.42. The lowest BCUT2D eigenvalue weighted by atomic mass is 9.98. The van der Waals surface area contributed by atoms with Crippen LogP contribution in [0, 0.1) is 0 Å². The molecule has 1 amide bonds. The van der Waals surface area contributed by atoms with Crippen LogP contribution in [0.25, 0.3) is 11.1 Å². The van der Waals surface area contributed by atoms with Gasteiger partial charge in [-0.3, -0.25) is 4.79 Å². The summed E-state index contributed by atoms with van der Waals surface area (Å²) >= 11 is 0. The van der Waals surface area contributed by atoms with E-state index >= 15 is 0 Å². The average Bonchev–Trinajstić information content (AvgIpc) is 3.19. The molecule has 3 aromatic carbocycles. The van der Waals surface area contributed by atoms with E-state index in [1.165, 1.54) is 11.1 Å². The van der Waals surface area contributed by atoms with Gasteiger partial charge in [0.25, 0.3) is 0 Å². The standard InChI is InChI=1S/C28H29NO6/c1-3-29(17-19-12-13-20(33-2)16-26(19)34-15-14-27(30)31)28(32)35-18-25-23-10-6-4-8-21(23)22-9-5-7-11-24(22)25/h4-13,16,25H,3,14-15,17-18H2,1-2H3,(H,30,31). The number of hydrogen-bond donors (Lipinski definition) is 1. The van der Waals surface area contributed by atoms with Gasteiger partial charge in [0.1, 0.15) is 18.1 Å². The number of carboxylic acids is 1. The van der Waals surface area contributed by atoms with Crippen LogP contribution in [-0.2, 0) is 16.1 Å².